The molecule has 1 unspecified atom stereocenters. The summed E-state index contributed by atoms with van der Waals surface area (Å²) in [6.07, 6.45) is 1.05. The number of aromatic hydroxyl groups is 1. The van der Waals surface area contributed by atoms with E-state index < -0.39 is 58.0 Å². The van der Waals surface area contributed by atoms with Crippen molar-refractivity contribution in [2.24, 2.45) is 23.3 Å². The number of nitrogens with zero attached hydrogens (tertiary/aromatic N) is 2. The van der Waals surface area contributed by atoms with E-state index in [4.69, 9.17) is 11.5 Å². The highest BCUT2D eigenvalue weighted by atomic mass is 16.3. The lowest BCUT2D eigenvalue weighted by Crippen LogP contribution is -2.63. The van der Waals surface area contributed by atoms with Crippen molar-refractivity contribution in [3.05, 3.63) is 45.4 Å². The molecule has 11 nitrogen and oxygen atoms in total. The molecular formula is C25H30N4O7. The normalized spacial score (nSPS) is 31.8. The minimum absolute atomic E-state index is 0.0147. The number of hydrogen-bond acceptors (Lipinski definition) is 10. The Balaban J connectivity index is 1.71. The van der Waals surface area contributed by atoms with Crippen LogP contribution in [-0.2, 0) is 16.0 Å². The highest BCUT2D eigenvalue weighted by Crippen LogP contribution is 2.53. The van der Waals surface area contributed by atoms with Gasteiger partial charge in [0.15, 0.2) is 11.4 Å². The van der Waals surface area contributed by atoms with Crippen LogP contribution < -0.4 is 16.4 Å². The molecule has 8 N–H and O–H groups in total. The summed E-state index contributed by atoms with van der Waals surface area (Å²) in [6, 6.07) is 0.232. The molecule has 1 aromatic rings. The lowest BCUT2D eigenvalue weighted by molar-refractivity contribution is -0.145. The molecule has 36 heavy (non-hydrogen) atoms. The lowest BCUT2D eigenvalue weighted by Gasteiger charge is -2.48. The van der Waals surface area contributed by atoms with Crippen LogP contribution >= 0.6 is 0 Å². The van der Waals surface area contributed by atoms with Gasteiger partial charge in [-0.1, -0.05) is 0 Å². The van der Waals surface area contributed by atoms with Crippen molar-refractivity contribution in [3.63, 3.8) is 0 Å². The minimum atomic E-state index is -2.70. The van der Waals surface area contributed by atoms with Gasteiger partial charge in [0.1, 0.15) is 22.8 Å². The van der Waals surface area contributed by atoms with E-state index in [2.05, 4.69) is 4.90 Å². The average Bonchev–Trinajstić information content (AvgIpc) is 2.79. The number of aliphatic hydroxyl groups is 3. The molecule has 1 amide bonds. The van der Waals surface area contributed by atoms with Crippen LogP contribution in [0.5, 0.6) is 5.75 Å². The van der Waals surface area contributed by atoms with Crippen LogP contribution in [0, 0.1) is 11.8 Å². The van der Waals surface area contributed by atoms with Gasteiger partial charge in [-0.3, -0.25) is 14.4 Å². The summed E-state index contributed by atoms with van der Waals surface area (Å²) in [5, 5.41) is 44.0. The number of Topliss-reactive ketones (excluding diaryl/α,β-unsaturated/α-hetero) is 2. The van der Waals surface area contributed by atoms with E-state index in [1.54, 1.807) is 6.07 Å². The maximum atomic E-state index is 13.8. The van der Waals surface area contributed by atoms with Crippen molar-refractivity contribution in [3.8, 4) is 5.75 Å². The number of amides is 1. The number of hydrogen-bond donors (Lipinski definition) is 6. The fourth-order valence-electron chi connectivity index (χ4n) is 6.62. The standard InChI is InChI=1S/C25H30N4O7/c1-28(2)13-4-5-29(3)19-10(13)8-14(30)16-11(19)6-9-7-12-18(26)21(32)17(24(27)35)23(34)25(12,36)22(33)15(9)20(16)31/h8-9,12-13,18,30,32-33,36H,4-7,26H2,1-3H3,(H2,27,35)/t9-,12-,13?,18-,25-/m0/s1. The predicted octanol–water partition coefficient (Wildman–Crippen LogP) is -0.0397. The SMILES string of the molecule is CN1CCC(N(C)C)c2cc(O)c3c(c21)C[C@H]1C[C@H]2[C@H](N)C(O)=C(C(N)=O)C(=O)[C@@]2(O)C(O)=C1C3=O. The van der Waals surface area contributed by atoms with Gasteiger partial charge < -0.3 is 41.7 Å². The molecule has 4 aliphatic rings. The second-order valence-corrected chi connectivity index (χ2v) is 10.5. The summed E-state index contributed by atoms with van der Waals surface area (Å²) >= 11 is 0. The zero-order valence-electron chi connectivity index (χ0n) is 20.3. The molecule has 0 bridgehead atoms. The zero-order valence-corrected chi connectivity index (χ0v) is 20.3. The van der Waals surface area contributed by atoms with Crippen LogP contribution in [0.4, 0.5) is 5.69 Å². The fourth-order valence-corrected chi connectivity index (χ4v) is 6.62. The first-order chi connectivity index (χ1) is 16.8. The molecule has 5 rings (SSSR count). The molecule has 3 aliphatic carbocycles. The number of benzene rings is 1. The third kappa shape index (κ3) is 2.93. The van der Waals surface area contributed by atoms with Gasteiger partial charge in [0.25, 0.3) is 5.91 Å². The Kier molecular flexibility index (Phi) is 5.26. The van der Waals surface area contributed by atoms with Crippen molar-refractivity contribution in [1.82, 2.24) is 4.90 Å². The van der Waals surface area contributed by atoms with Crippen LogP contribution in [0.1, 0.15) is 40.4 Å². The zero-order chi connectivity index (χ0) is 26.4. The smallest absolute Gasteiger partial charge is 0.255 e. The number of allylic oxidation sites excluding steroid dienone is 1. The number of anilines is 1. The second kappa shape index (κ2) is 7.79. The molecule has 0 saturated heterocycles. The number of carbonyl (C=O) groups excluding carboxylic acids is 3. The van der Waals surface area contributed by atoms with Crippen molar-refractivity contribution < 1.29 is 34.8 Å². The second-order valence-electron chi connectivity index (χ2n) is 10.5. The third-order valence-electron chi connectivity index (χ3n) is 8.36. The molecule has 0 spiro atoms. The molecule has 5 atom stereocenters. The number of phenols is 1. The Morgan fingerprint density at radius 3 is 2.50 bits per heavy atom. The van der Waals surface area contributed by atoms with Crippen molar-refractivity contribution in [2.45, 2.75) is 36.9 Å². The largest absolute Gasteiger partial charge is 0.510 e. The highest BCUT2D eigenvalue weighted by molar-refractivity contribution is 6.24. The van der Waals surface area contributed by atoms with Crippen LogP contribution in [0.15, 0.2) is 28.7 Å². The summed E-state index contributed by atoms with van der Waals surface area (Å²) < 4.78 is 0. The Morgan fingerprint density at radius 2 is 1.89 bits per heavy atom. The minimum Gasteiger partial charge on any atom is -0.510 e. The summed E-state index contributed by atoms with van der Waals surface area (Å²) in [6.45, 7) is 0.732. The topological polar surface area (TPSA) is 191 Å². The summed E-state index contributed by atoms with van der Waals surface area (Å²) in [4.78, 5) is 42.8. The van der Waals surface area contributed by atoms with Crippen molar-refractivity contribution in [2.75, 3.05) is 32.6 Å². The molecule has 0 aromatic heterocycles. The van der Waals surface area contributed by atoms with Gasteiger partial charge in [-0.25, -0.2) is 0 Å². The number of phenolic OH excluding ortho intramolecular Hbond substituents is 1. The van der Waals surface area contributed by atoms with E-state index in [-0.39, 0.29) is 35.8 Å². The molecule has 1 heterocycles. The Bertz CT molecular complexity index is 1300. The van der Waals surface area contributed by atoms with Crippen molar-refractivity contribution in [1.29, 1.82) is 0 Å². The van der Waals surface area contributed by atoms with Crippen LogP contribution in [-0.4, -0.2) is 82.1 Å². The first kappa shape index (κ1) is 24.3. The molecule has 0 saturated carbocycles. The maximum Gasteiger partial charge on any atom is 0.255 e. The number of carbonyl (C=O) groups is 3. The summed E-state index contributed by atoms with van der Waals surface area (Å²) in [5.41, 5.74) is 9.93. The lowest BCUT2D eigenvalue weighted by atomic mass is 9.58. The summed E-state index contributed by atoms with van der Waals surface area (Å²) in [7, 11) is 5.81. The number of nitrogens with two attached hydrogens (primary N) is 2. The van der Waals surface area contributed by atoms with Crippen LogP contribution in [0.25, 0.3) is 0 Å². The quantitative estimate of drug-likeness (QED) is 0.302. The monoisotopic (exact) mass is 498 g/mol. The van der Waals surface area contributed by atoms with Crippen LogP contribution in [0.3, 0.4) is 0 Å². The van der Waals surface area contributed by atoms with E-state index in [1.165, 1.54) is 0 Å². The predicted molar refractivity (Wildman–Crippen MR) is 128 cm³/mol. The number of rotatable bonds is 2. The van der Waals surface area contributed by atoms with E-state index >= 15 is 0 Å². The Hall–Kier alpha value is -3.41. The third-order valence-corrected chi connectivity index (χ3v) is 8.36. The summed E-state index contributed by atoms with van der Waals surface area (Å²) in [5.74, 6) is -7.05. The number of fused-ring (bicyclic) bond motifs is 5. The van der Waals surface area contributed by atoms with Gasteiger partial charge in [0, 0.05) is 36.8 Å². The van der Waals surface area contributed by atoms with Gasteiger partial charge in [-0.2, -0.15) is 0 Å². The van der Waals surface area contributed by atoms with Crippen LogP contribution in [0.2, 0.25) is 0 Å². The Morgan fingerprint density at radius 1 is 1.22 bits per heavy atom. The number of aliphatic hydroxyl groups excluding tert-OH is 2. The van der Waals surface area contributed by atoms with E-state index in [1.807, 2.05) is 26.0 Å². The van der Waals surface area contributed by atoms with Gasteiger partial charge in [-0.05, 0) is 56.5 Å². The number of primary amides is 1. The first-order valence-corrected chi connectivity index (χ1v) is 11.8. The van der Waals surface area contributed by atoms with Gasteiger partial charge in [-0.15, -0.1) is 0 Å². The molecule has 192 valence electrons. The van der Waals surface area contributed by atoms with Gasteiger partial charge in [0.2, 0.25) is 5.78 Å². The number of ketones is 2. The van der Waals surface area contributed by atoms with E-state index in [0.29, 0.717) is 5.56 Å². The molecule has 1 aliphatic heterocycles. The maximum absolute atomic E-state index is 13.8. The Labute approximate surface area is 207 Å². The molecular weight excluding hydrogens is 468 g/mol. The highest BCUT2D eigenvalue weighted by Gasteiger charge is 2.62. The average molecular weight is 499 g/mol. The van der Waals surface area contributed by atoms with Gasteiger partial charge >= 0.3 is 0 Å². The molecule has 11 heteroatoms. The van der Waals surface area contributed by atoms with Crippen molar-refractivity contribution >= 4 is 23.2 Å². The molecule has 1 aromatic carbocycles. The molecule has 0 radical (unpaired) electrons. The molecule has 0 fully saturated rings. The van der Waals surface area contributed by atoms with Gasteiger partial charge in [0.05, 0.1) is 11.6 Å². The van der Waals surface area contributed by atoms with E-state index in [0.717, 1.165) is 24.2 Å². The van der Waals surface area contributed by atoms with E-state index in [9.17, 15) is 34.8 Å². The fraction of sp³-hybridized carbons (Fsp3) is 0.480. The first-order valence-electron chi connectivity index (χ1n) is 11.8.